The molecule has 1 rings (SSSR count). The molecule has 0 fully saturated rings. The zero-order valence-electron chi connectivity index (χ0n) is 18.3. The molecule has 32 heavy (non-hydrogen) atoms. The van der Waals surface area contributed by atoms with Crippen molar-refractivity contribution in [2.75, 3.05) is 5.75 Å². The molecule has 11 heteroatoms. The number of hydrogen-bond acceptors (Lipinski definition) is 7. The van der Waals surface area contributed by atoms with E-state index >= 15 is 0 Å². The third-order valence-corrected chi connectivity index (χ3v) is 5.15. The van der Waals surface area contributed by atoms with Crippen LogP contribution in [0, 0.1) is 5.92 Å². The summed E-state index contributed by atoms with van der Waals surface area (Å²) in [5.74, 6) is -3.75. The van der Waals surface area contributed by atoms with Gasteiger partial charge in [-0.15, -0.1) is 0 Å². The van der Waals surface area contributed by atoms with E-state index in [4.69, 9.17) is 5.73 Å². The summed E-state index contributed by atoms with van der Waals surface area (Å²) >= 11 is 4.06. The highest BCUT2D eigenvalue weighted by Gasteiger charge is 2.32. The summed E-state index contributed by atoms with van der Waals surface area (Å²) < 4.78 is 0. The molecule has 5 atom stereocenters. The van der Waals surface area contributed by atoms with Gasteiger partial charge in [-0.1, -0.05) is 44.2 Å². The molecule has 0 heterocycles. The van der Waals surface area contributed by atoms with Crippen molar-refractivity contribution in [1.29, 1.82) is 0 Å². The standard InChI is InChI=1S/C21H32N4O6S/c1-11(2)17(25-18(27)15(10-32)24-19(28)16(22)12(3)26)20(29)23-14(21(30)31)9-13-7-5-4-6-8-13/h4-8,11-12,14-17,26,32H,9-10,22H2,1-3H3,(H,23,29)(H,24,28)(H,25,27)(H,30,31). The van der Waals surface area contributed by atoms with Crippen LogP contribution in [0.4, 0.5) is 0 Å². The summed E-state index contributed by atoms with van der Waals surface area (Å²) in [6, 6.07) is 4.26. The van der Waals surface area contributed by atoms with Gasteiger partial charge in [-0.25, -0.2) is 4.79 Å². The zero-order chi connectivity index (χ0) is 24.4. The predicted octanol–water partition coefficient (Wildman–Crippen LogP) is -0.938. The molecular formula is C21H32N4O6S. The van der Waals surface area contributed by atoms with Crippen LogP contribution in [-0.4, -0.2) is 69.9 Å². The molecule has 3 amide bonds. The Morgan fingerprint density at radius 1 is 0.938 bits per heavy atom. The molecule has 0 spiro atoms. The lowest BCUT2D eigenvalue weighted by Gasteiger charge is -2.26. The van der Waals surface area contributed by atoms with Gasteiger partial charge in [-0.05, 0) is 18.4 Å². The first kappa shape index (κ1) is 27.4. The molecule has 0 radical (unpaired) electrons. The highest BCUT2D eigenvalue weighted by Crippen LogP contribution is 2.07. The number of thiol groups is 1. The maximum absolute atomic E-state index is 12.8. The first-order chi connectivity index (χ1) is 15.0. The van der Waals surface area contributed by atoms with Crippen LogP contribution in [-0.2, 0) is 25.6 Å². The molecule has 0 aromatic heterocycles. The van der Waals surface area contributed by atoms with Gasteiger partial charge in [0.05, 0.1) is 6.10 Å². The van der Waals surface area contributed by atoms with Crippen LogP contribution in [0.25, 0.3) is 0 Å². The Labute approximate surface area is 192 Å². The van der Waals surface area contributed by atoms with Crippen LogP contribution in [0.3, 0.4) is 0 Å². The molecule has 1 aromatic rings. The van der Waals surface area contributed by atoms with E-state index < -0.39 is 54.0 Å². The van der Waals surface area contributed by atoms with Crippen molar-refractivity contribution in [2.24, 2.45) is 11.7 Å². The van der Waals surface area contributed by atoms with Crippen molar-refractivity contribution in [2.45, 2.75) is 57.5 Å². The van der Waals surface area contributed by atoms with E-state index in [-0.39, 0.29) is 18.1 Å². The van der Waals surface area contributed by atoms with Crippen molar-refractivity contribution in [3.63, 3.8) is 0 Å². The fourth-order valence-corrected chi connectivity index (χ4v) is 3.04. The normalized spacial score (nSPS) is 15.7. The predicted molar refractivity (Wildman–Crippen MR) is 122 cm³/mol. The second kappa shape index (κ2) is 13.0. The fraction of sp³-hybridized carbons (Fsp3) is 0.524. The van der Waals surface area contributed by atoms with Gasteiger partial charge >= 0.3 is 5.97 Å². The number of carbonyl (C=O) groups is 4. The number of carboxylic acid groups (broad SMARTS) is 1. The Morgan fingerprint density at radius 3 is 1.97 bits per heavy atom. The van der Waals surface area contributed by atoms with E-state index in [1.165, 1.54) is 6.92 Å². The van der Waals surface area contributed by atoms with Crippen molar-refractivity contribution in [3.8, 4) is 0 Å². The molecular weight excluding hydrogens is 436 g/mol. The van der Waals surface area contributed by atoms with Crippen LogP contribution in [0.1, 0.15) is 26.3 Å². The quantitative estimate of drug-likeness (QED) is 0.194. The summed E-state index contributed by atoms with van der Waals surface area (Å²) in [6.45, 7) is 4.72. The Morgan fingerprint density at radius 2 is 1.50 bits per heavy atom. The van der Waals surface area contributed by atoms with Crippen LogP contribution < -0.4 is 21.7 Å². The van der Waals surface area contributed by atoms with E-state index in [9.17, 15) is 29.4 Å². The Bertz CT molecular complexity index is 790. The van der Waals surface area contributed by atoms with Crippen LogP contribution in [0.15, 0.2) is 30.3 Å². The average Bonchev–Trinajstić information content (AvgIpc) is 2.74. The second-order valence-electron chi connectivity index (χ2n) is 7.83. The highest BCUT2D eigenvalue weighted by molar-refractivity contribution is 7.80. The minimum Gasteiger partial charge on any atom is -0.480 e. The highest BCUT2D eigenvalue weighted by atomic mass is 32.1. The lowest BCUT2D eigenvalue weighted by Crippen LogP contribution is -2.59. The van der Waals surface area contributed by atoms with E-state index in [2.05, 4.69) is 28.6 Å². The third kappa shape index (κ3) is 8.48. The van der Waals surface area contributed by atoms with Crippen molar-refractivity contribution in [3.05, 3.63) is 35.9 Å². The summed E-state index contributed by atoms with van der Waals surface area (Å²) in [4.78, 5) is 49.2. The Balaban J connectivity index is 2.87. The number of amides is 3. The number of aliphatic carboxylic acids is 1. The molecule has 0 saturated carbocycles. The largest absolute Gasteiger partial charge is 0.480 e. The van der Waals surface area contributed by atoms with Crippen LogP contribution in [0.2, 0.25) is 0 Å². The number of hydrogen-bond donors (Lipinski definition) is 7. The number of rotatable bonds is 12. The van der Waals surface area contributed by atoms with Crippen molar-refractivity contribution < 1.29 is 29.4 Å². The van der Waals surface area contributed by atoms with Gasteiger partial charge in [0, 0.05) is 12.2 Å². The first-order valence-electron chi connectivity index (χ1n) is 10.2. The van der Waals surface area contributed by atoms with Gasteiger partial charge < -0.3 is 31.9 Å². The van der Waals surface area contributed by atoms with Crippen LogP contribution in [0.5, 0.6) is 0 Å². The number of nitrogens with one attached hydrogen (secondary N) is 3. The van der Waals surface area contributed by atoms with E-state index in [0.29, 0.717) is 0 Å². The summed E-state index contributed by atoms with van der Waals surface area (Å²) in [6.07, 6.45) is -1.04. The second-order valence-corrected chi connectivity index (χ2v) is 8.19. The molecule has 0 aliphatic heterocycles. The molecule has 178 valence electrons. The van der Waals surface area contributed by atoms with Crippen LogP contribution >= 0.6 is 12.6 Å². The third-order valence-electron chi connectivity index (χ3n) is 4.78. The fourth-order valence-electron chi connectivity index (χ4n) is 2.78. The number of aliphatic hydroxyl groups is 1. The van der Waals surface area contributed by atoms with Crippen molar-refractivity contribution in [1.82, 2.24) is 16.0 Å². The summed E-state index contributed by atoms with van der Waals surface area (Å²) in [7, 11) is 0. The molecule has 10 nitrogen and oxygen atoms in total. The molecule has 1 aromatic carbocycles. The Kier molecular flexibility index (Phi) is 11.2. The molecule has 0 aliphatic carbocycles. The lowest BCUT2D eigenvalue weighted by atomic mass is 10.0. The van der Waals surface area contributed by atoms with Crippen molar-refractivity contribution >= 4 is 36.3 Å². The van der Waals surface area contributed by atoms with Gasteiger partial charge in [0.1, 0.15) is 24.2 Å². The monoisotopic (exact) mass is 468 g/mol. The number of carboxylic acids is 1. The van der Waals surface area contributed by atoms with Gasteiger partial charge in [0.25, 0.3) is 0 Å². The summed E-state index contributed by atoms with van der Waals surface area (Å²) in [5.41, 5.74) is 6.30. The number of nitrogens with two attached hydrogens (primary N) is 1. The van der Waals surface area contributed by atoms with E-state index in [0.717, 1.165) is 5.56 Å². The molecule has 0 saturated heterocycles. The summed E-state index contributed by atoms with van der Waals surface area (Å²) in [5, 5.41) is 26.3. The number of benzene rings is 1. The van der Waals surface area contributed by atoms with Gasteiger partial charge in [-0.2, -0.15) is 12.6 Å². The molecule has 0 bridgehead atoms. The average molecular weight is 469 g/mol. The Hall–Kier alpha value is -2.63. The minimum absolute atomic E-state index is 0.0766. The SMILES string of the molecule is CC(C)C(NC(=O)C(CS)NC(=O)C(N)C(C)O)C(=O)NC(Cc1ccccc1)C(=O)O. The van der Waals surface area contributed by atoms with E-state index in [1.807, 2.05) is 0 Å². The first-order valence-corrected chi connectivity index (χ1v) is 10.8. The topological polar surface area (TPSA) is 171 Å². The van der Waals surface area contributed by atoms with Gasteiger partial charge in [0.2, 0.25) is 17.7 Å². The lowest BCUT2D eigenvalue weighted by molar-refractivity contribution is -0.142. The molecule has 7 N–H and O–H groups in total. The maximum atomic E-state index is 12.8. The van der Waals surface area contributed by atoms with E-state index in [1.54, 1.807) is 44.2 Å². The molecule has 5 unspecified atom stereocenters. The smallest absolute Gasteiger partial charge is 0.326 e. The molecule has 0 aliphatic rings. The van der Waals surface area contributed by atoms with Gasteiger partial charge in [-0.3, -0.25) is 14.4 Å². The minimum atomic E-state index is -1.23. The van der Waals surface area contributed by atoms with Gasteiger partial charge in [0.15, 0.2) is 0 Å². The maximum Gasteiger partial charge on any atom is 0.326 e. The number of carbonyl (C=O) groups excluding carboxylic acids is 3. The number of aliphatic hydroxyl groups excluding tert-OH is 1. The zero-order valence-corrected chi connectivity index (χ0v) is 19.2.